The van der Waals surface area contributed by atoms with Crippen molar-refractivity contribution in [1.82, 2.24) is 4.98 Å². The van der Waals surface area contributed by atoms with Crippen molar-refractivity contribution in [3.8, 4) is 0 Å². The SMILES string of the molecule is Cc1cc(Br)cnc1N(C)Cc1ccc(F)cc1. The van der Waals surface area contributed by atoms with Gasteiger partial charge in [-0.1, -0.05) is 12.1 Å². The Hall–Kier alpha value is -1.42. The van der Waals surface area contributed by atoms with Crippen molar-refractivity contribution < 1.29 is 4.39 Å². The number of halogens is 2. The van der Waals surface area contributed by atoms with E-state index in [9.17, 15) is 4.39 Å². The van der Waals surface area contributed by atoms with Gasteiger partial charge in [-0.05, 0) is 52.2 Å². The first-order valence-corrected chi connectivity index (χ1v) is 6.43. The van der Waals surface area contributed by atoms with Crippen LogP contribution in [-0.4, -0.2) is 12.0 Å². The fourth-order valence-electron chi connectivity index (χ4n) is 1.87. The molecule has 0 spiro atoms. The number of aromatic nitrogens is 1. The van der Waals surface area contributed by atoms with Gasteiger partial charge in [0.25, 0.3) is 0 Å². The maximum Gasteiger partial charge on any atom is 0.131 e. The molecule has 2 rings (SSSR count). The molecule has 0 saturated carbocycles. The molecule has 0 unspecified atom stereocenters. The van der Waals surface area contributed by atoms with E-state index in [-0.39, 0.29) is 5.82 Å². The average Bonchev–Trinajstić information content (AvgIpc) is 2.32. The summed E-state index contributed by atoms with van der Waals surface area (Å²) in [5, 5.41) is 0. The van der Waals surface area contributed by atoms with Gasteiger partial charge in [0.15, 0.2) is 0 Å². The summed E-state index contributed by atoms with van der Waals surface area (Å²) in [7, 11) is 1.98. The Bertz CT molecular complexity index is 540. The predicted octanol–water partition coefficient (Wildman–Crippen LogP) is 3.93. The topological polar surface area (TPSA) is 16.1 Å². The molecule has 0 saturated heterocycles. The van der Waals surface area contributed by atoms with Crippen molar-refractivity contribution in [3.63, 3.8) is 0 Å². The van der Waals surface area contributed by atoms with Crippen LogP contribution in [0.1, 0.15) is 11.1 Å². The smallest absolute Gasteiger partial charge is 0.131 e. The molecule has 1 heterocycles. The van der Waals surface area contributed by atoms with Gasteiger partial charge >= 0.3 is 0 Å². The second kappa shape index (κ2) is 5.48. The van der Waals surface area contributed by atoms with E-state index < -0.39 is 0 Å². The number of aryl methyl sites for hydroxylation is 1. The Kier molecular flexibility index (Phi) is 3.97. The van der Waals surface area contributed by atoms with Crippen LogP contribution in [0.15, 0.2) is 41.0 Å². The summed E-state index contributed by atoms with van der Waals surface area (Å²) in [4.78, 5) is 6.45. The lowest BCUT2D eigenvalue weighted by atomic mass is 10.2. The van der Waals surface area contributed by atoms with Gasteiger partial charge in [-0.2, -0.15) is 0 Å². The molecular formula is C14H14BrFN2. The lowest BCUT2D eigenvalue weighted by molar-refractivity contribution is 0.627. The molecule has 0 amide bonds. The third kappa shape index (κ3) is 3.07. The van der Waals surface area contributed by atoms with Gasteiger partial charge in [0, 0.05) is 24.3 Å². The van der Waals surface area contributed by atoms with E-state index in [1.54, 1.807) is 18.3 Å². The van der Waals surface area contributed by atoms with Crippen LogP contribution in [0.2, 0.25) is 0 Å². The zero-order chi connectivity index (χ0) is 13.1. The number of nitrogens with zero attached hydrogens (tertiary/aromatic N) is 2. The van der Waals surface area contributed by atoms with Gasteiger partial charge in [0.1, 0.15) is 11.6 Å². The average molecular weight is 309 g/mol. The minimum absolute atomic E-state index is 0.209. The van der Waals surface area contributed by atoms with Crippen molar-refractivity contribution in [1.29, 1.82) is 0 Å². The standard InChI is InChI=1S/C14H14BrFN2/c1-10-7-12(15)8-17-14(10)18(2)9-11-3-5-13(16)6-4-11/h3-8H,9H2,1-2H3. The van der Waals surface area contributed by atoms with E-state index in [0.29, 0.717) is 6.54 Å². The Balaban J connectivity index is 2.16. The second-order valence-corrected chi connectivity index (χ2v) is 5.19. The Labute approximate surface area is 115 Å². The fraction of sp³-hybridized carbons (Fsp3) is 0.214. The molecule has 0 aliphatic carbocycles. The van der Waals surface area contributed by atoms with Crippen LogP contribution >= 0.6 is 15.9 Å². The first kappa shape index (κ1) is 13.0. The van der Waals surface area contributed by atoms with Crippen molar-refractivity contribution in [3.05, 3.63) is 57.9 Å². The minimum Gasteiger partial charge on any atom is -0.355 e. The van der Waals surface area contributed by atoms with E-state index in [1.165, 1.54) is 12.1 Å². The molecule has 1 aromatic heterocycles. The molecule has 2 nitrogen and oxygen atoms in total. The summed E-state index contributed by atoms with van der Waals surface area (Å²) in [6, 6.07) is 8.57. The Morgan fingerprint density at radius 2 is 1.94 bits per heavy atom. The highest BCUT2D eigenvalue weighted by Gasteiger charge is 2.07. The third-order valence-electron chi connectivity index (χ3n) is 2.71. The van der Waals surface area contributed by atoms with Crippen LogP contribution in [0.3, 0.4) is 0 Å². The molecule has 94 valence electrons. The van der Waals surface area contributed by atoms with Crippen LogP contribution in [-0.2, 0) is 6.54 Å². The van der Waals surface area contributed by atoms with Crippen molar-refractivity contribution in [2.45, 2.75) is 13.5 Å². The van der Waals surface area contributed by atoms with Gasteiger partial charge in [0.2, 0.25) is 0 Å². The molecule has 0 atom stereocenters. The Morgan fingerprint density at radius 1 is 1.28 bits per heavy atom. The van der Waals surface area contributed by atoms with Gasteiger partial charge in [-0.25, -0.2) is 9.37 Å². The monoisotopic (exact) mass is 308 g/mol. The van der Waals surface area contributed by atoms with Crippen LogP contribution in [0.5, 0.6) is 0 Å². The van der Waals surface area contributed by atoms with Crippen LogP contribution in [0.4, 0.5) is 10.2 Å². The Morgan fingerprint density at radius 3 is 2.56 bits per heavy atom. The van der Waals surface area contributed by atoms with Crippen molar-refractivity contribution >= 4 is 21.7 Å². The lowest BCUT2D eigenvalue weighted by Gasteiger charge is -2.20. The van der Waals surface area contributed by atoms with Crippen molar-refractivity contribution in [2.75, 3.05) is 11.9 Å². The highest BCUT2D eigenvalue weighted by Crippen LogP contribution is 2.21. The third-order valence-corrected chi connectivity index (χ3v) is 3.15. The normalized spacial score (nSPS) is 10.4. The van der Waals surface area contributed by atoms with E-state index >= 15 is 0 Å². The summed E-state index contributed by atoms with van der Waals surface area (Å²) in [6.45, 7) is 2.73. The fourth-order valence-corrected chi connectivity index (χ4v) is 2.32. The van der Waals surface area contributed by atoms with Gasteiger partial charge in [-0.15, -0.1) is 0 Å². The number of hydrogen-bond acceptors (Lipinski definition) is 2. The first-order chi connectivity index (χ1) is 8.56. The molecule has 0 aliphatic heterocycles. The quantitative estimate of drug-likeness (QED) is 0.854. The molecule has 1 aromatic carbocycles. The number of anilines is 1. The summed E-state index contributed by atoms with van der Waals surface area (Å²) >= 11 is 3.40. The molecule has 4 heteroatoms. The van der Waals surface area contributed by atoms with Gasteiger partial charge in [0.05, 0.1) is 0 Å². The maximum atomic E-state index is 12.8. The molecule has 0 fully saturated rings. The summed E-state index contributed by atoms with van der Waals surface area (Å²) in [5.74, 6) is 0.724. The number of pyridine rings is 1. The molecule has 0 N–H and O–H groups in total. The number of hydrogen-bond donors (Lipinski definition) is 0. The zero-order valence-electron chi connectivity index (χ0n) is 10.3. The molecule has 0 aliphatic rings. The predicted molar refractivity (Wildman–Crippen MR) is 75.2 cm³/mol. The van der Waals surface area contributed by atoms with E-state index in [2.05, 4.69) is 25.8 Å². The highest BCUT2D eigenvalue weighted by molar-refractivity contribution is 9.10. The van der Waals surface area contributed by atoms with Crippen molar-refractivity contribution in [2.24, 2.45) is 0 Å². The summed E-state index contributed by atoms with van der Waals surface area (Å²) in [6.07, 6.45) is 1.78. The summed E-state index contributed by atoms with van der Waals surface area (Å²) < 4.78 is 13.8. The number of rotatable bonds is 3. The number of benzene rings is 1. The molecule has 0 bridgehead atoms. The van der Waals surface area contributed by atoms with E-state index in [1.807, 2.05) is 20.0 Å². The second-order valence-electron chi connectivity index (χ2n) is 4.28. The lowest BCUT2D eigenvalue weighted by Crippen LogP contribution is -2.18. The zero-order valence-corrected chi connectivity index (χ0v) is 11.9. The molecule has 18 heavy (non-hydrogen) atoms. The van der Waals surface area contributed by atoms with Crippen LogP contribution in [0, 0.1) is 12.7 Å². The molecule has 2 aromatic rings. The van der Waals surface area contributed by atoms with Gasteiger partial charge in [-0.3, -0.25) is 0 Å². The largest absolute Gasteiger partial charge is 0.355 e. The maximum absolute atomic E-state index is 12.8. The first-order valence-electron chi connectivity index (χ1n) is 5.64. The van der Waals surface area contributed by atoms with E-state index in [0.717, 1.165) is 21.4 Å². The molecule has 0 radical (unpaired) electrons. The van der Waals surface area contributed by atoms with E-state index in [4.69, 9.17) is 0 Å². The van der Waals surface area contributed by atoms with Gasteiger partial charge < -0.3 is 4.90 Å². The summed E-state index contributed by atoms with van der Waals surface area (Å²) in [5.41, 5.74) is 2.16. The minimum atomic E-state index is -0.209. The molecular weight excluding hydrogens is 295 g/mol. The van der Waals surface area contributed by atoms with Crippen LogP contribution < -0.4 is 4.90 Å². The van der Waals surface area contributed by atoms with Crippen LogP contribution in [0.25, 0.3) is 0 Å². The highest BCUT2D eigenvalue weighted by atomic mass is 79.9.